The first-order valence-electron chi connectivity index (χ1n) is 11.2. The van der Waals surface area contributed by atoms with Crippen molar-refractivity contribution in [2.75, 3.05) is 0 Å². The summed E-state index contributed by atoms with van der Waals surface area (Å²) in [6.45, 7) is 19.5. The van der Waals surface area contributed by atoms with Crippen molar-refractivity contribution in [1.29, 1.82) is 0 Å². The van der Waals surface area contributed by atoms with Gasteiger partial charge in [0.25, 0.3) is 0 Å². The van der Waals surface area contributed by atoms with Gasteiger partial charge in [-0.2, -0.15) is 9.78 Å². The lowest BCUT2D eigenvalue weighted by molar-refractivity contribution is -0.560. The van der Waals surface area contributed by atoms with Crippen LogP contribution in [-0.4, -0.2) is 17.0 Å². The van der Waals surface area contributed by atoms with E-state index in [9.17, 15) is 0 Å². The summed E-state index contributed by atoms with van der Waals surface area (Å²) in [6.07, 6.45) is 8.27. The minimum atomic E-state index is -0.848. The van der Waals surface area contributed by atoms with Crippen molar-refractivity contribution in [2.24, 2.45) is 17.8 Å². The molecule has 4 nitrogen and oxygen atoms in total. The van der Waals surface area contributed by atoms with Crippen molar-refractivity contribution in [3.8, 4) is 0 Å². The number of rotatable bonds is 12. The van der Waals surface area contributed by atoms with Crippen LogP contribution in [0.2, 0.25) is 0 Å². The van der Waals surface area contributed by atoms with Gasteiger partial charge in [-0.15, -0.1) is 0 Å². The molecule has 1 aliphatic carbocycles. The highest BCUT2D eigenvalue weighted by Gasteiger charge is 2.49. The van der Waals surface area contributed by atoms with Gasteiger partial charge in [0.1, 0.15) is 0 Å². The second kappa shape index (κ2) is 10.6. The highest BCUT2D eigenvalue weighted by molar-refractivity contribution is 4.87. The van der Waals surface area contributed by atoms with E-state index >= 15 is 0 Å². The zero-order valence-electron chi connectivity index (χ0n) is 19.5. The summed E-state index contributed by atoms with van der Waals surface area (Å²) in [5.74, 6) is 0.485. The second-order valence-corrected chi connectivity index (χ2v) is 10.2. The van der Waals surface area contributed by atoms with Gasteiger partial charge in [-0.25, -0.2) is 9.78 Å². The Morgan fingerprint density at radius 1 is 0.778 bits per heavy atom. The Labute approximate surface area is 168 Å². The minimum absolute atomic E-state index is 0.202. The molecule has 0 aliphatic heterocycles. The van der Waals surface area contributed by atoms with Crippen LogP contribution in [0.4, 0.5) is 0 Å². The quantitative estimate of drug-likeness (QED) is 0.201. The monoisotopic (exact) mass is 386 g/mol. The van der Waals surface area contributed by atoms with E-state index in [-0.39, 0.29) is 17.1 Å². The molecule has 1 rings (SSSR count). The number of unbranched alkanes of at least 4 members (excludes halogenated alkanes) is 2. The summed E-state index contributed by atoms with van der Waals surface area (Å²) in [5, 5.41) is 0. The van der Waals surface area contributed by atoms with Gasteiger partial charge in [0, 0.05) is 12.3 Å². The van der Waals surface area contributed by atoms with Crippen molar-refractivity contribution in [2.45, 2.75) is 131 Å². The third-order valence-corrected chi connectivity index (χ3v) is 6.14. The molecule has 0 N–H and O–H groups in total. The van der Waals surface area contributed by atoms with Gasteiger partial charge >= 0.3 is 0 Å². The van der Waals surface area contributed by atoms with Crippen molar-refractivity contribution >= 4 is 0 Å². The van der Waals surface area contributed by atoms with Crippen LogP contribution in [0, 0.1) is 17.8 Å². The smallest absolute Gasteiger partial charge is 0.228 e. The third kappa shape index (κ3) is 8.00. The normalized spacial score (nSPS) is 26.3. The summed E-state index contributed by atoms with van der Waals surface area (Å²) >= 11 is 0. The molecule has 27 heavy (non-hydrogen) atoms. The Bertz CT molecular complexity index is 395. The van der Waals surface area contributed by atoms with Gasteiger partial charge in [-0.3, -0.25) is 0 Å². The molecule has 0 bridgehead atoms. The van der Waals surface area contributed by atoms with Crippen molar-refractivity contribution in [1.82, 2.24) is 0 Å². The van der Waals surface area contributed by atoms with Crippen molar-refractivity contribution < 1.29 is 19.6 Å². The highest BCUT2D eigenvalue weighted by Crippen LogP contribution is 2.45. The van der Waals surface area contributed by atoms with Crippen molar-refractivity contribution in [3.63, 3.8) is 0 Å². The molecule has 0 saturated heterocycles. The Morgan fingerprint density at radius 2 is 1.22 bits per heavy atom. The number of hydrogen-bond acceptors (Lipinski definition) is 4. The highest BCUT2D eigenvalue weighted by atomic mass is 17.3. The van der Waals surface area contributed by atoms with Crippen LogP contribution in [0.5, 0.6) is 0 Å². The molecule has 3 unspecified atom stereocenters. The van der Waals surface area contributed by atoms with E-state index in [1.54, 1.807) is 0 Å². The minimum Gasteiger partial charge on any atom is -0.228 e. The average Bonchev–Trinajstić information content (AvgIpc) is 2.59. The maximum Gasteiger partial charge on any atom is 0.236 e. The summed E-state index contributed by atoms with van der Waals surface area (Å²) in [7, 11) is 0. The van der Waals surface area contributed by atoms with E-state index in [0.717, 1.165) is 51.4 Å². The molecule has 162 valence electrons. The fourth-order valence-corrected chi connectivity index (χ4v) is 3.72. The molecular formula is C23H46O4. The van der Waals surface area contributed by atoms with E-state index in [1.807, 2.05) is 0 Å². The van der Waals surface area contributed by atoms with Crippen LogP contribution in [0.3, 0.4) is 0 Å². The largest absolute Gasteiger partial charge is 0.236 e. The first-order valence-corrected chi connectivity index (χ1v) is 11.2. The Morgan fingerprint density at radius 3 is 1.63 bits per heavy atom. The maximum atomic E-state index is 6.12. The van der Waals surface area contributed by atoms with Crippen LogP contribution in [-0.2, 0) is 19.6 Å². The first-order chi connectivity index (χ1) is 12.5. The van der Waals surface area contributed by atoms with Crippen LogP contribution in [0.1, 0.15) is 114 Å². The molecule has 0 spiro atoms. The third-order valence-electron chi connectivity index (χ3n) is 6.14. The van der Waals surface area contributed by atoms with Gasteiger partial charge in [0.05, 0.1) is 11.2 Å². The SMILES string of the molecule is CCCCC(C)(C)OOC1(OOC(C)(C)CCCC)CC(C)C(C)CC1C. The van der Waals surface area contributed by atoms with Gasteiger partial charge in [-0.05, 0) is 58.8 Å². The molecule has 0 radical (unpaired) electrons. The van der Waals surface area contributed by atoms with Gasteiger partial charge in [0.2, 0.25) is 5.79 Å². The molecule has 0 heterocycles. The Balaban J connectivity index is 2.87. The average molecular weight is 387 g/mol. The van der Waals surface area contributed by atoms with Crippen LogP contribution < -0.4 is 0 Å². The number of hydrogen-bond donors (Lipinski definition) is 0. The fourth-order valence-electron chi connectivity index (χ4n) is 3.72. The Kier molecular flexibility index (Phi) is 9.74. The molecule has 0 amide bonds. The molecule has 1 fully saturated rings. The summed E-state index contributed by atoms with van der Waals surface area (Å²) in [4.78, 5) is 24.2. The zero-order valence-corrected chi connectivity index (χ0v) is 19.5. The van der Waals surface area contributed by atoms with Crippen LogP contribution >= 0.6 is 0 Å². The van der Waals surface area contributed by atoms with Gasteiger partial charge < -0.3 is 0 Å². The van der Waals surface area contributed by atoms with Crippen LogP contribution in [0.25, 0.3) is 0 Å². The van der Waals surface area contributed by atoms with Crippen molar-refractivity contribution in [3.05, 3.63) is 0 Å². The topological polar surface area (TPSA) is 36.9 Å². The molecule has 0 aromatic carbocycles. The Hall–Kier alpha value is -0.160. The van der Waals surface area contributed by atoms with Gasteiger partial charge in [-0.1, -0.05) is 60.3 Å². The lowest BCUT2D eigenvalue weighted by Crippen LogP contribution is -2.51. The molecule has 0 aromatic heterocycles. The molecule has 1 saturated carbocycles. The van der Waals surface area contributed by atoms with Gasteiger partial charge in [0.15, 0.2) is 0 Å². The summed E-state index contributed by atoms with van der Waals surface area (Å²) in [5.41, 5.74) is -0.674. The standard InChI is InChI=1S/C23H46O4/c1-10-12-14-21(6,7)24-26-23(17-19(4)18(3)16-20(23)5)27-25-22(8,9)15-13-11-2/h18-20H,10-17H2,1-9H3. The lowest BCUT2D eigenvalue weighted by Gasteiger charge is -2.46. The summed E-state index contributed by atoms with van der Waals surface area (Å²) < 4.78 is 0. The van der Waals surface area contributed by atoms with E-state index in [4.69, 9.17) is 19.6 Å². The van der Waals surface area contributed by atoms with E-state index in [1.165, 1.54) is 0 Å². The predicted octanol–water partition coefficient (Wildman–Crippen LogP) is 7.22. The van der Waals surface area contributed by atoms with E-state index in [0.29, 0.717) is 11.8 Å². The first kappa shape index (κ1) is 24.9. The molecule has 1 aliphatic rings. The molecular weight excluding hydrogens is 340 g/mol. The molecule has 0 aromatic rings. The lowest BCUT2D eigenvalue weighted by atomic mass is 9.73. The fraction of sp³-hybridized carbons (Fsp3) is 1.00. The maximum absolute atomic E-state index is 6.12. The summed E-state index contributed by atoms with van der Waals surface area (Å²) in [6, 6.07) is 0. The second-order valence-electron chi connectivity index (χ2n) is 10.2. The zero-order chi connectivity index (χ0) is 20.7. The molecule has 4 heteroatoms. The van der Waals surface area contributed by atoms with E-state index < -0.39 is 5.79 Å². The predicted molar refractivity (Wildman–Crippen MR) is 111 cm³/mol. The van der Waals surface area contributed by atoms with Crippen LogP contribution in [0.15, 0.2) is 0 Å². The van der Waals surface area contributed by atoms with E-state index in [2.05, 4.69) is 62.3 Å². The molecule has 3 atom stereocenters.